The van der Waals surface area contributed by atoms with Crippen LogP contribution < -0.4 is 10.0 Å². The topological polar surface area (TPSA) is 80.5 Å². The van der Waals surface area contributed by atoms with Gasteiger partial charge in [-0.05, 0) is 36.8 Å². The lowest BCUT2D eigenvalue weighted by atomic mass is 10.1. The second-order valence-corrected chi connectivity index (χ2v) is 6.62. The van der Waals surface area contributed by atoms with E-state index < -0.39 is 15.9 Å². The van der Waals surface area contributed by atoms with Gasteiger partial charge in [-0.25, -0.2) is 8.42 Å². The summed E-state index contributed by atoms with van der Waals surface area (Å²) in [6.07, 6.45) is 0. The van der Waals surface area contributed by atoms with Crippen LogP contribution in [0.2, 0.25) is 0 Å². The lowest BCUT2D eigenvalue weighted by Gasteiger charge is -2.20. The highest BCUT2D eigenvalue weighted by Gasteiger charge is 2.22. The van der Waals surface area contributed by atoms with E-state index >= 15 is 0 Å². The Kier molecular flexibility index (Phi) is 3.99. The first-order valence-electron chi connectivity index (χ1n) is 6.28. The lowest BCUT2D eigenvalue weighted by molar-refractivity contribution is 0.0999. The Balaban J connectivity index is 2.50. The van der Waals surface area contributed by atoms with E-state index in [-0.39, 0.29) is 10.5 Å². The SMILES string of the molecule is Cc1ccc(S(=O)(=O)N(C)c2ccccc2)cc1C(N)=O. The van der Waals surface area contributed by atoms with E-state index in [1.54, 1.807) is 43.3 Å². The van der Waals surface area contributed by atoms with E-state index in [9.17, 15) is 13.2 Å². The van der Waals surface area contributed by atoms with Crippen LogP contribution in [-0.4, -0.2) is 21.4 Å². The van der Waals surface area contributed by atoms with Crippen LogP contribution in [0.3, 0.4) is 0 Å². The number of sulfonamides is 1. The summed E-state index contributed by atoms with van der Waals surface area (Å²) in [6.45, 7) is 1.71. The third-order valence-electron chi connectivity index (χ3n) is 3.25. The zero-order chi connectivity index (χ0) is 15.6. The van der Waals surface area contributed by atoms with Crippen LogP contribution in [-0.2, 0) is 10.0 Å². The molecule has 2 aromatic carbocycles. The molecule has 2 N–H and O–H groups in total. The lowest BCUT2D eigenvalue weighted by Crippen LogP contribution is -2.27. The summed E-state index contributed by atoms with van der Waals surface area (Å²) < 4.78 is 26.4. The van der Waals surface area contributed by atoms with Gasteiger partial charge >= 0.3 is 0 Å². The van der Waals surface area contributed by atoms with Crippen molar-refractivity contribution in [1.82, 2.24) is 0 Å². The second kappa shape index (κ2) is 5.57. The Labute approximate surface area is 124 Å². The maximum Gasteiger partial charge on any atom is 0.264 e. The van der Waals surface area contributed by atoms with E-state index in [2.05, 4.69) is 0 Å². The van der Waals surface area contributed by atoms with E-state index in [1.807, 2.05) is 0 Å². The highest BCUT2D eigenvalue weighted by atomic mass is 32.2. The Morgan fingerprint density at radius 2 is 1.71 bits per heavy atom. The molecule has 0 radical (unpaired) electrons. The zero-order valence-corrected chi connectivity index (χ0v) is 12.6. The van der Waals surface area contributed by atoms with Crippen molar-refractivity contribution in [2.24, 2.45) is 5.73 Å². The summed E-state index contributed by atoms with van der Waals surface area (Å²) in [4.78, 5) is 11.4. The highest BCUT2D eigenvalue weighted by Crippen LogP contribution is 2.23. The van der Waals surface area contributed by atoms with Crippen LogP contribution in [0.15, 0.2) is 53.4 Å². The maximum absolute atomic E-state index is 12.6. The maximum atomic E-state index is 12.6. The number of carbonyl (C=O) groups is 1. The molecule has 0 unspecified atom stereocenters. The summed E-state index contributed by atoms with van der Waals surface area (Å²) in [5.41, 5.74) is 6.66. The highest BCUT2D eigenvalue weighted by molar-refractivity contribution is 7.92. The number of nitrogens with two attached hydrogens (primary N) is 1. The molecule has 0 aliphatic carbocycles. The Hall–Kier alpha value is -2.34. The molecule has 0 saturated heterocycles. The molecule has 0 fully saturated rings. The first-order chi connectivity index (χ1) is 9.84. The number of nitrogens with zero attached hydrogens (tertiary/aromatic N) is 1. The quantitative estimate of drug-likeness (QED) is 0.937. The molecule has 5 nitrogen and oxygen atoms in total. The second-order valence-electron chi connectivity index (χ2n) is 4.65. The van der Waals surface area contributed by atoms with Crippen LogP contribution in [0.25, 0.3) is 0 Å². The molecule has 0 atom stereocenters. The molecule has 110 valence electrons. The molecule has 6 heteroatoms. The van der Waals surface area contributed by atoms with Crippen LogP contribution in [0, 0.1) is 6.92 Å². The number of para-hydroxylation sites is 1. The monoisotopic (exact) mass is 304 g/mol. The minimum absolute atomic E-state index is 0.0354. The van der Waals surface area contributed by atoms with Crippen LogP contribution >= 0.6 is 0 Å². The number of primary amides is 1. The van der Waals surface area contributed by atoms with Gasteiger partial charge < -0.3 is 5.73 Å². The van der Waals surface area contributed by atoms with E-state index in [0.29, 0.717) is 11.3 Å². The van der Waals surface area contributed by atoms with Gasteiger partial charge in [-0.3, -0.25) is 9.10 Å². The van der Waals surface area contributed by atoms with Crippen LogP contribution in [0.5, 0.6) is 0 Å². The average molecular weight is 304 g/mol. The van der Waals surface area contributed by atoms with Gasteiger partial charge in [0.15, 0.2) is 0 Å². The van der Waals surface area contributed by atoms with E-state index in [1.165, 1.54) is 23.5 Å². The first-order valence-corrected chi connectivity index (χ1v) is 7.72. The minimum Gasteiger partial charge on any atom is -0.366 e. The third-order valence-corrected chi connectivity index (χ3v) is 5.03. The van der Waals surface area contributed by atoms with Gasteiger partial charge in [0.05, 0.1) is 10.6 Å². The first kappa shape index (κ1) is 15.1. The fourth-order valence-corrected chi connectivity index (χ4v) is 3.18. The van der Waals surface area contributed by atoms with Gasteiger partial charge in [-0.15, -0.1) is 0 Å². The van der Waals surface area contributed by atoms with Crippen LogP contribution in [0.4, 0.5) is 5.69 Å². The summed E-state index contributed by atoms with van der Waals surface area (Å²) in [5.74, 6) is -0.646. The van der Waals surface area contributed by atoms with E-state index in [4.69, 9.17) is 5.73 Å². The predicted octanol–water partition coefficient (Wildman–Crippen LogP) is 1.92. The van der Waals surface area contributed by atoms with Crippen molar-refractivity contribution >= 4 is 21.6 Å². The Bertz CT molecular complexity index is 771. The van der Waals surface area contributed by atoms with Crippen molar-refractivity contribution in [3.05, 3.63) is 59.7 Å². The molecular weight excluding hydrogens is 288 g/mol. The fourth-order valence-electron chi connectivity index (χ4n) is 1.96. The van der Waals surface area contributed by atoms with Crippen molar-refractivity contribution in [1.29, 1.82) is 0 Å². The third kappa shape index (κ3) is 2.90. The molecule has 0 saturated carbocycles. The molecule has 2 aromatic rings. The van der Waals surface area contributed by atoms with Gasteiger partial charge in [-0.2, -0.15) is 0 Å². The molecular formula is C15H16N2O3S. The summed E-state index contributed by atoms with van der Waals surface area (Å²) in [7, 11) is -2.27. The fraction of sp³-hybridized carbons (Fsp3) is 0.133. The number of benzene rings is 2. The van der Waals surface area contributed by atoms with Gasteiger partial charge in [0.1, 0.15) is 0 Å². The standard InChI is InChI=1S/C15H16N2O3S/c1-11-8-9-13(10-14(11)15(16)18)21(19,20)17(2)12-6-4-3-5-7-12/h3-10H,1-2H3,(H2,16,18). The minimum atomic E-state index is -3.74. The molecule has 0 aliphatic heterocycles. The number of carbonyl (C=O) groups excluding carboxylic acids is 1. The molecule has 0 bridgehead atoms. The molecule has 21 heavy (non-hydrogen) atoms. The molecule has 2 rings (SSSR count). The van der Waals surface area contributed by atoms with Gasteiger partial charge in [0.2, 0.25) is 5.91 Å². The van der Waals surface area contributed by atoms with Crippen molar-refractivity contribution < 1.29 is 13.2 Å². The van der Waals surface area contributed by atoms with Gasteiger partial charge in [0.25, 0.3) is 10.0 Å². The van der Waals surface area contributed by atoms with Gasteiger partial charge in [-0.1, -0.05) is 24.3 Å². The molecule has 0 spiro atoms. The molecule has 1 amide bonds. The Morgan fingerprint density at radius 1 is 1.10 bits per heavy atom. The average Bonchev–Trinajstić information content (AvgIpc) is 2.47. The molecule has 0 aliphatic rings. The number of hydrogen-bond donors (Lipinski definition) is 1. The summed E-state index contributed by atoms with van der Waals surface area (Å²) in [5, 5.41) is 0. The largest absolute Gasteiger partial charge is 0.366 e. The number of amides is 1. The van der Waals surface area contributed by atoms with Crippen molar-refractivity contribution in [3.8, 4) is 0 Å². The van der Waals surface area contributed by atoms with Crippen molar-refractivity contribution in [3.63, 3.8) is 0 Å². The predicted molar refractivity (Wildman–Crippen MR) is 81.7 cm³/mol. The number of aryl methyl sites for hydroxylation is 1. The normalized spacial score (nSPS) is 11.1. The molecule has 0 aromatic heterocycles. The summed E-state index contributed by atoms with van der Waals surface area (Å²) in [6, 6.07) is 13.1. The van der Waals surface area contributed by atoms with Crippen molar-refractivity contribution in [2.75, 3.05) is 11.4 Å². The number of anilines is 1. The Morgan fingerprint density at radius 3 is 2.29 bits per heavy atom. The molecule has 0 heterocycles. The number of rotatable bonds is 4. The van der Waals surface area contributed by atoms with Crippen LogP contribution in [0.1, 0.15) is 15.9 Å². The summed E-state index contributed by atoms with van der Waals surface area (Å²) >= 11 is 0. The van der Waals surface area contributed by atoms with Crippen molar-refractivity contribution in [2.45, 2.75) is 11.8 Å². The van der Waals surface area contributed by atoms with Gasteiger partial charge in [0, 0.05) is 12.6 Å². The van der Waals surface area contributed by atoms with E-state index in [0.717, 1.165) is 0 Å². The number of hydrogen-bond acceptors (Lipinski definition) is 3. The smallest absolute Gasteiger partial charge is 0.264 e. The zero-order valence-electron chi connectivity index (χ0n) is 11.8.